The second-order valence-electron chi connectivity index (χ2n) is 5.06. The average Bonchev–Trinajstić information content (AvgIpc) is 2.34. The molecule has 17 heavy (non-hydrogen) atoms. The van der Waals surface area contributed by atoms with E-state index in [1.165, 1.54) is 0 Å². The summed E-state index contributed by atoms with van der Waals surface area (Å²) >= 11 is 0. The predicted molar refractivity (Wildman–Crippen MR) is 69.2 cm³/mol. The van der Waals surface area contributed by atoms with E-state index >= 15 is 0 Å². The van der Waals surface area contributed by atoms with Gasteiger partial charge < -0.3 is 14.2 Å². The van der Waals surface area contributed by atoms with Crippen LogP contribution < -0.4 is 0 Å². The van der Waals surface area contributed by atoms with Gasteiger partial charge in [-0.05, 0) is 24.7 Å². The largest absolute Gasteiger partial charge is 0.379 e. The van der Waals surface area contributed by atoms with Crippen LogP contribution in [0.5, 0.6) is 0 Å². The SMILES string of the molecule is CCCOCCO[C@@H]1C(CC)OCC(C)[C@@H]1C. The molecule has 0 N–H and O–H groups in total. The van der Waals surface area contributed by atoms with E-state index in [9.17, 15) is 0 Å². The van der Waals surface area contributed by atoms with Crippen LogP contribution in [0, 0.1) is 11.8 Å². The van der Waals surface area contributed by atoms with E-state index in [0.717, 1.165) is 26.1 Å². The van der Waals surface area contributed by atoms with Crippen LogP contribution in [0.25, 0.3) is 0 Å². The molecule has 0 aromatic heterocycles. The molecule has 0 aromatic rings. The third-order valence-electron chi connectivity index (χ3n) is 3.64. The Kier molecular flexibility index (Phi) is 7.09. The van der Waals surface area contributed by atoms with Gasteiger partial charge >= 0.3 is 0 Å². The molecular formula is C14H28O3. The minimum Gasteiger partial charge on any atom is -0.379 e. The monoisotopic (exact) mass is 244 g/mol. The van der Waals surface area contributed by atoms with Crippen molar-refractivity contribution in [3.05, 3.63) is 0 Å². The molecule has 0 aromatic carbocycles. The van der Waals surface area contributed by atoms with Crippen LogP contribution in [0.15, 0.2) is 0 Å². The Morgan fingerprint density at radius 3 is 2.53 bits per heavy atom. The summed E-state index contributed by atoms with van der Waals surface area (Å²) in [5.74, 6) is 1.15. The molecular weight excluding hydrogens is 216 g/mol. The summed E-state index contributed by atoms with van der Waals surface area (Å²) in [7, 11) is 0. The lowest BCUT2D eigenvalue weighted by atomic mass is 9.85. The number of hydrogen-bond acceptors (Lipinski definition) is 3. The van der Waals surface area contributed by atoms with Crippen molar-refractivity contribution in [2.24, 2.45) is 11.8 Å². The summed E-state index contributed by atoms with van der Waals surface area (Å²) in [6, 6.07) is 0. The van der Waals surface area contributed by atoms with Gasteiger partial charge in [-0.3, -0.25) is 0 Å². The van der Waals surface area contributed by atoms with Gasteiger partial charge in [0.25, 0.3) is 0 Å². The van der Waals surface area contributed by atoms with E-state index in [4.69, 9.17) is 14.2 Å². The maximum absolute atomic E-state index is 5.97. The molecule has 1 fully saturated rings. The highest BCUT2D eigenvalue weighted by atomic mass is 16.6. The van der Waals surface area contributed by atoms with Gasteiger partial charge in [-0.2, -0.15) is 0 Å². The average molecular weight is 244 g/mol. The maximum atomic E-state index is 5.97. The summed E-state index contributed by atoms with van der Waals surface area (Å²) in [6.07, 6.45) is 2.58. The van der Waals surface area contributed by atoms with Gasteiger partial charge in [-0.1, -0.05) is 27.7 Å². The van der Waals surface area contributed by atoms with Crippen molar-refractivity contribution < 1.29 is 14.2 Å². The Morgan fingerprint density at radius 2 is 1.88 bits per heavy atom. The Balaban J connectivity index is 2.30. The molecule has 1 rings (SSSR count). The van der Waals surface area contributed by atoms with Crippen molar-refractivity contribution in [2.75, 3.05) is 26.4 Å². The fourth-order valence-electron chi connectivity index (χ4n) is 2.28. The van der Waals surface area contributed by atoms with Gasteiger partial charge in [0, 0.05) is 13.2 Å². The highest BCUT2D eigenvalue weighted by Gasteiger charge is 2.35. The van der Waals surface area contributed by atoms with E-state index < -0.39 is 0 Å². The molecule has 3 nitrogen and oxygen atoms in total. The van der Waals surface area contributed by atoms with Gasteiger partial charge in [0.15, 0.2) is 0 Å². The zero-order valence-corrected chi connectivity index (χ0v) is 11.8. The third kappa shape index (κ3) is 4.57. The summed E-state index contributed by atoms with van der Waals surface area (Å²) in [6.45, 7) is 11.9. The first-order valence-corrected chi connectivity index (χ1v) is 7.01. The van der Waals surface area contributed by atoms with Crippen molar-refractivity contribution in [1.82, 2.24) is 0 Å². The Bertz CT molecular complexity index is 194. The quantitative estimate of drug-likeness (QED) is 0.645. The molecule has 1 saturated heterocycles. The van der Waals surface area contributed by atoms with Crippen LogP contribution in [0.1, 0.15) is 40.5 Å². The molecule has 1 aliphatic rings. The van der Waals surface area contributed by atoms with Crippen molar-refractivity contribution in [3.63, 3.8) is 0 Å². The molecule has 102 valence electrons. The second kappa shape index (κ2) is 8.06. The minimum absolute atomic E-state index is 0.231. The van der Waals surface area contributed by atoms with Gasteiger partial charge in [0.05, 0.1) is 25.4 Å². The second-order valence-corrected chi connectivity index (χ2v) is 5.06. The van der Waals surface area contributed by atoms with Crippen molar-refractivity contribution in [3.8, 4) is 0 Å². The van der Waals surface area contributed by atoms with E-state index in [1.54, 1.807) is 0 Å². The zero-order valence-electron chi connectivity index (χ0n) is 11.8. The normalized spacial score (nSPS) is 33.9. The standard InChI is InChI=1S/C14H28O3/c1-5-7-15-8-9-16-14-12(4)11(3)10-17-13(14)6-2/h11-14H,5-10H2,1-4H3/t11?,12-,13?,14-/m0/s1. The zero-order chi connectivity index (χ0) is 12.7. The maximum Gasteiger partial charge on any atom is 0.0866 e. The van der Waals surface area contributed by atoms with Crippen LogP contribution in [0.2, 0.25) is 0 Å². The molecule has 0 radical (unpaired) electrons. The van der Waals surface area contributed by atoms with Crippen molar-refractivity contribution in [2.45, 2.75) is 52.7 Å². The summed E-state index contributed by atoms with van der Waals surface area (Å²) in [5.41, 5.74) is 0. The molecule has 0 spiro atoms. The van der Waals surface area contributed by atoms with Gasteiger partial charge in [0.1, 0.15) is 0 Å². The lowest BCUT2D eigenvalue weighted by Crippen LogP contribution is -2.46. The van der Waals surface area contributed by atoms with Crippen LogP contribution in [-0.2, 0) is 14.2 Å². The van der Waals surface area contributed by atoms with Crippen molar-refractivity contribution >= 4 is 0 Å². The highest BCUT2D eigenvalue weighted by molar-refractivity contribution is 4.83. The predicted octanol–water partition coefficient (Wildman–Crippen LogP) is 2.88. The van der Waals surface area contributed by atoms with E-state index in [1.807, 2.05) is 0 Å². The van der Waals surface area contributed by atoms with E-state index in [-0.39, 0.29) is 12.2 Å². The first kappa shape index (κ1) is 14.9. The summed E-state index contributed by atoms with van der Waals surface area (Å²) < 4.78 is 17.2. The fraction of sp³-hybridized carbons (Fsp3) is 1.00. The number of rotatable bonds is 7. The Morgan fingerprint density at radius 1 is 1.12 bits per heavy atom. The molecule has 1 aliphatic heterocycles. The Hall–Kier alpha value is -0.120. The third-order valence-corrected chi connectivity index (χ3v) is 3.64. The first-order chi connectivity index (χ1) is 8.20. The molecule has 2 unspecified atom stereocenters. The van der Waals surface area contributed by atoms with Gasteiger partial charge in [-0.15, -0.1) is 0 Å². The van der Waals surface area contributed by atoms with Gasteiger partial charge in [0.2, 0.25) is 0 Å². The number of ether oxygens (including phenoxy) is 3. The molecule has 0 aliphatic carbocycles. The lowest BCUT2D eigenvalue weighted by Gasteiger charge is -2.39. The van der Waals surface area contributed by atoms with Crippen LogP contribution >= 0.6 is 0 Å². The molecule has 0 saturated carbocycles. The summed E-state index contributed by atoms with van der Waals surface area (Å²) in [4.78, 5) is 0. The van der Waals surface area contributed by atoms with E-state index in [0.29, 0.717) is 25.0 Å². The summed E-state index contributed by atoms with van der Waals surface area (Å²) in [5, 5.41) is 0. The highest BCUT2D eigenvalue weighted by Crippen LogP contribution is 2.29. The van der Waals surface area contributed by atoms with Gasteiger partial charge in [-0.25, -0.2) is 0 Å². The molecule has 0 bridgehead atoms. The fourth-order valence-corrected chi connectivity index (χ4v) is 2.28. The van der Waals surface area contributed by atoms with Crippen LogP contribution in [0.3, 0.4) is 0 Å². The smallest absolute Gasteiger partial charge is 0.0866 e. The van der Waals surface area contributed by atoms with E-state index in [2.05, 4.69) is 27.7 Å². The first-order valence-electron chi connectivity index (χ1n) is 7.01. The lowest BCUT2D eigenvalue weighted by molar-refractivity contribution is -0.157. The molecule has 3 heteroatoms. The number of hydrogen-bond donors (Lipinski definition) is 0. The minimum atomic E-state index is 0.231. The Labute approximate surface area is 106 Å². The topological polar surface area (TPSA) is 27.7 Å². The van der Waals surface area contributed by atoms with Crippen LogP contribution in [-0.4, -0.2) is 38.6 Å². The molecule has 0 amide bonds. The molecule has 1 heterocycles. The van der Waals surface area contributed by atoms with Crippen molar-refractivity contribution in [1.29, 1.82) is 0 Å². The molecule has 4 atom stereocenters. The van der Waals surface area contributed by atoms with Crippen LogP contribution in [0.4, 0.5) is 0 Å².